The molecule has 0 amide bonds. The van der Waals surface area contributed by atoms with Crippen molar-refractivity contribution in [2.24, 2.45) is 0 Å². The van der Waals surface area contributed by atoms with Gasteiger partial charge in [0.25, 0.3) is 0 Å². The van der Waals surface area contributed by atoms with E-state index in [1.807, 2.05) is 30.3 Å². The van der Waals surface area contributed by atoms with Crippen LogP contribution in [-0.2, 0) is 6.54 Å². The summed E-state index contributed by atoms with van der Waals surface area (Å²) in [6.07, 6.45) is 0. The molecule has 1 nitrogen and oxygen atoms in total. The maximum Gasteiger partial charge on any atom is 0.128 e. The summed E-state index contributed by atoms with van der Waals surface area (Å²) in [6, 6.07) is 17.6. The highest BCUT2D eigenvalue weighted by Gasteiger charge is 2.01. The number of halogens is 2. The van der Waals surface area contributed by atoms with Gasteiger partial charge in [-0.3, -0.25) is 0 Å². The molecule has 0 unspecified atom stereocenters. The summed E-state index contributed by atoms with van der Waals surface area (Å²) in [5.74, 6) is -1.16. The van der Waals surface area contributed by atoms with Crippen molar-refractivity contribution in [2.75, 3.05) is 5.32 Å². The Kier molecular flexibility index (Phi) is 3.33. The summed E-state index contributed by atoms with van der Waals surface area (Å²) in [4.78, 5) is 0. The van der Waals surface area contributed by atoms with E-state index in [0.29, 0.717) is 12.2 Å². The van der Waals surface area contributed by atoms with Gasteiger partial charge in [0.2, 0.25) is 0 Å². The van der Waals surface area contributed by atoms with Gasteiger partial charge in [0.15, 0.2) is 0 Å². The zero-order valence-corrected chi connectivity index (χ0v) is 10.7. The van der Waals surface area contributed by atoms with E-state index in [9.17, 15) is 8.78 Å². The molecule has 0 saturated heterocycles. The third-order valence-corrected chi connectivity index (χ3v) is 3.17. The zero-order chi connectivity index (χ0) is 13.9. The van der Waals surface area contributed by atoms with Crippen molar-refractivity contribution >= 4 is 16.5 Å². The molecule has 0 radical (unpaired) electrons. The second-order valence-electron chi connectivity index (χ2n) is 4.69. The van der Waals surface area contributed by atoms with E-state index in [0.717, 1.165) is 17.0 Å². The van der Waals surface area contributed by atoms with Gasteiger partial charge in [0.05, 0.1) is 0 Å². The van der Waals surface area contributed by atoms with Crippen LogP contribution in [0.2, 0.25) is 0 Å². The lowest BCUT2D eigenvalue weighted by Crippen LogP contribution is -2.00. The van der Waals surface area contributed by atoms with Crippen molar-refractivity contribution in [1.82, 2.24) is 0 Å². The normalized spacial score (nSPS) is 10.7. The van der Waals surface area contributed by atoms with Gasteiger partial charge in [-0.1, -0.05) is 36.4 Å². The number of rotatable bonds is 3. The summed E-state index contributed by atoms with van der Waals surface area (Å²) in [7, 11) is 0. The van der Waals surface area contributed by atoms with Gasteiger partial charge in [-0.15, -0.1) is 0 Å². The SMILES string of the molecule is Fc1cc(F)cc(NCc2ccc3ccccc3c2)c1. The summed E-state index contributed by atoms with van der Waals surface area (Å²) < 4.78 is 26.2. The summed E-state index contributed by atoms with van der Waals surface area (Å²) in [6.45, 7) is 0.522. The first kappa shape index (κ1) is 12.6. The van der Waals surface area contributed by atoms with Gasteiger partial charge >= 0.3 is 0 Å². The van der Waals surface area contributed by atoms with E-state index in [2.05, 4.69) is 17.4 Å². The average Bonchev–Trinajstić information content (AvgIpc) is 2.44. The van der Waals surface area contributed by atoms with Gasteiger partial charge in [-0.25, -0.2) is 8.78 Å². The fraction of sp³-hybridized carbons (Fsp3) is 0.0588. The molecule has 0 aliphatic rings. The number of benzene rings is 3. The van der Waals surface area contributed by atoms with Crippen LogP contribution in [-0.4, -0.2) is 0 Å². The molecule has 20 heavy (non-hydrogen) atoms. The van der Waals surface area contributed by atoms with Crippen LogP contribution >= 0.6 is 0 Å². The van der Waals surface area contributed by atoms with Gasteiger partial charge in [0, 0.05) is 18.3 Å². The van der Waals surface area contributed by atoms with E-state index in [-0.39, 0.29) is 0 Å². The van der Waals surface area contributed by atoms with Crippen molar-refractivity contribution in [2.45, 2.75) is 6.54 Å². The first-order valence-electron chi connectivity index (χ1n) is 6.38. The second kappa shape index (κ2) is 5.29. The molecule has 0 spiro atoms. The summed E-state index contributed by atoms with van der Waals surface area (Å²) >= 11 is 0. The van der Waals surface area contributed by atoms with Crippen LogP contribution in [0.15, 0.2) is 60.7 Å². The zero-order valence-electron chi connectivity index (χ0n) is 10.7. The molecular weight excluding hydrogens is 256 g/mol. The molecule has 0 aliphatic carbocycles. The number of hydrogen-bond acceptors (Lipinski definition) is 1. The number of hydrogen-bond donors (Lipinski definition) is 1. The lowest BCUT2D eigenvalue weighted by Gasteiger charge is -2.08. The Labute approximate surface area is 115 Å². The molecular formula is C17H13F2N. The Hall–Kier alpha value is -2.42. The van der Waals surface area contributed by atoms with Crippen LogP contribution in [0.4, 0.5) is 14.5 Å². The lowest BCUT2D eigenvalue weighted by molar-refractivity contribution is 0.584. The van der Waals surface area contributed by atoms with Crippen LogP contribution in [0.3, 0.4) is 0 Å². The fourth-order valence-electron chi connectivity index (χ4n) is 2.21. The van der Waals surface area contributed by atoms with Crippen molar-refractivity contribution in [3.05, 3.63) is 77.9 Å². The van der Waals surface area contributed by atoms with Gasteiger partial charge in [-0.2, -0.15) is 0 Å². The van der Waals surface area contributed by atoms with Gasteiger partial charge in [-0.05, 0) is 34.5 Å². The number of fused-ring (bicyclic) bond motifs is 1. The minimum absolute atomic E-state index is 0.440. The predicted octanol–water partition coefficient (Wildman–Crippen LogP) is 4.73. The molecule has 0 saturated carbocycles. The number of anilines is 1. The molecule has 3 aromatic rings. The molecule has 100 valence electrons. The molecule has 0 aromatic heterocycles. The van der Waals surface area contributed by atoms with Crippen LogP contribution in [0.5, 0.6) is 0 Å². The van der Waals surface area contributed by atoms with E-state index in [4.69, 9.17) is 0 Å². The highest BCUT2D eigenvalue weighted by molar-refractivity contribution is 5.83. The largest absolute Gasteiger partial charge is 0.381 e. The molecule has 0 fully saturated rings. The average molecular weight is 269 g/mol. The maximum atomic E-state index is 13.1. The monoisotopic (exact) mass is 269 g/mol. The Morgan fingerprint density at radius 1 is 0.750 bits per heavy atom. The standard InChI is InChI=1S/C17H13F2N/c18-15-8-16(19)10-17(9-15)20-11-12-5-6-13-3-1-2-4-14(13)7-12/h1-10,20H,11H2. The minimum Gasteiger partial charge on any atom is -0.381 e. The topological polar surface area (TPSA) is 12.0 Å². The second-order valence-corrected chi connectivity index (χ2v) is 4.69. The first-order valence-corrected chi connectivity index (χ1v) is 6.38. The van der Waals surface area contributed by atoms with Crippen molar-refractivity contribution in [3.63, 3.8) is 0 Å². The quantitative estimate of drug-likeness (QED) is 0.724. The van der Waals surface area contributed by atoms with Crippen molar-refractivity contribution in [3.8, 4) is 0 Å². The lowest BCUT2D eigenvalue weighted by atomic mass is 10.1. The van der Waals surface area contributed by atoms with Gasteiger partial charge < -0.3 is 5.32 Å². The first-order chi connectivity index (χ1) is 9.70. The fourth-order valence-corrected chi connectivity index (χ4v) is 2.21. The van der Waals surface area contributed by atoms with Crippen LogP contribution in [0.25, 0.3) is 10.8 Å². The Morgan fingerprint density at radius 3 is 2.20 bits per heavy atom. The van der Waals surface area contributed by atoms with E-state index in [1.165, 1.54) is 17.5 Å². The highest BCUT2D eigenvalue weighted by atomic mass is 19.1. The molecule has 3 heteroatoms. The Balaban J connectivity index is 1.79. The van der Waals surface area contributed by atoms with E-state index >= 15 is 0 Å². The van der Waals surface area contributed by atoms with E-state index in [1.54, 1.807) is 0 Å². The Morgan fingerprint density at radius 2 is 1.45 bits per heavy atom. The van der Waals surface area contributed by atoms with Crippen molar-refractivity contribution < 1.29 is 8.78 Å². The molecule has 0 heterocycles. The smallest absolute Gasteiger partial charge is 0.128 e. The highest BCUT2D eigenvalue weighted by Crippen LogP contribution is 2.18. The molecule has 1 N–H and O–H groups in total. The minimum atomic E-state index is -0.578. The predicted molar refractivity (Wildman–Crippen MR) is 77.6 cm³/mol. The molecule has 0 atom stereocenters. The van der Waals surface area contributed by atoms with Crippen LogP contribution < -0.4 is 5.32 Å². The third-order valence-electron chi connectivity index (χ3n) is 3.17. The van der Waals surface area contributed by atoms with Crippen molar-refractivity contribution in [1.29, 1.82) is 0 Å². The number of nitrogens with one attached hydrogen (secondary N) is 1. The molecule has 3 rings (SSSR count). The molecule has 0 aliphatic heterocycles. The van der Waals surface area contributed by atoms with Crippen LogP contribution in [0, 0.1) is 11.6 Å². The molecule has 0 bridgehead atoms. The van der Waals surface area contributed by atoms with E-state index < -0.39 is 11.6 Å². The van der Waals surface area contributed by atoms with Crippen LogP contribution in [0.1, 0.15) is 5.56 Å². The third kappa shape index (κ3) is 2.77. The Bertz CT molecular complexity index is 733. The molecule has 3 aromatic carbocycles. The summed E-state index contributed by atoms with van der Waals surface area (Å²) in [5.41, 5.74) is 1.50. The van der Waals surface area contributed by atoms with Gasteiger partial charge in [0.1, 0.15) is 11.6 Å². The maximum absolute atomic E-state index is 13.1. The summed E-state index contributed by atoms with van der Waals surface area (Å²) in [5, 5.41) is 5.35.